The summed E-state index contributed by atoms with van der Waals surface area (Å²) in [7, 11) is 1.64. The minimum absolute atomic E-state index is 0.443. The number of rotatable bonds is 5. The van der Waals surface area contributed by atoms with Gasteiger partial charge in [0.1, 0.15) is 5.75 Å². The van der Waals surface area contributed by atoms with Gasteiger partial charge in [0.15, 0.2) is 0 Å². The molecule has 1 N–H and O–H groups in total. The first kappa shape index (κ1) is 12.4. The van der Waals surface area contributed by atoms with Gasteiger partial charge in [-0.05, 0) is 30.4 Å². The van der Waals surface area contributed by atoms with Crippen molar-refractivity contribution in [2.24, 2.45) is 0 Å². The summed E-state index contributed by atoms with van der Waals surface area (Å²) in [6.45, 7) is 2.10. The molecule has 3 heteroatoms. The van der Waals surface area contributed by atoms with Gasteiger partial charge in [-0.15, -0.1) is 0 Å². The van der Waals surface area contributed by atoms with Crippen molar-refractivity contribution in [2.75, 3.05) is 19.1 Å². The van der Waals surface area contributed by atoms with Crippen molar-refractivity contribution in [3.8, 4) is 5.75 Å². The normalized spacial score (nSPS) is 12.5. The number of benzene rings is 1. The number of aryl methyl sites for hydroxylation is 1. The maximum absolute atomic E-state index is 9.95. The number of aliphatic hydroxyl groups excluding tert-OH is 1. The molecule has 0 aliphatic carbocycles. The van der Waals surface area contributed by atoms with Crippen molar-refractivity contribution in [1.29, 1.82) is 0 Å². The lowest BCUT2D eigenvalue weighted by molar-refractivity contribution is 0.199. The molecule has 1 aromatic carbocycles. The Morgan fingerprint density at radius 1 is 1.47 bits per heavy atom. The molecule has 84 valence electrons. The van der Waals surface area contributed by atoms with Gasteiger partial charge >= 0.3 is 0 Å². The van der Waals surface area contributed by atoms with Crippen LogP contribution in [0.4, 0.5) is 0 Å². The van der Waals surface area contributed by atoms with Crippen LogP contribution in [0.5, 0.6) is 5.75 Å². The van der Waals surface area contributed by atoms with Gasteiger partial charge in [0, 0.05) is 11.3 Å². The third-order valence-corrected chi connectivity index (χ3v) is 3.03. The zero-order valence-electron chi connectivity index (χ0n) is 9.49. The average Bonchev–Trinajstić information content (AvgIpc) is 2.28. The van der Waals surface area contributed by atoms with Gasteiger partial charge in [0.2, 0.25) is 0 Å². The summed E-state index contributed by atoms with van der Waals surface area (Å²) < 4.78 is 5.24. The van der Waals surface area contributed by atoms with Crippen LogP contribution in [-0.4, -0.2) is 24.2 Å². The van der Waals surface area contributed by atoms with Crippen molar-refractivity contribution in [2.45, 2.75) is 19.4 Å². The molecule has 1 rings (SSSR count). The largest absolute Gasteiger partial charge is 0.496 e. The Kier molecular flexibility index (Phi) is 4.99. The van der Waals surface area contributed by atoms with E-state index in [9.17, 15) is 5.11 Å². The van der Waals surface area contributed by atoms with Gasteiger partial charge in [-0.2, -0.15) is 11.8 Å². The SMILES string of the molecule is CCc1ccc(OC)c(C(O)CSC)c1. The lowest BCUT2D eigenvalue weighted by atomic mass is 10.0. The van der Waals surface area contributed by atoms with Gasteiger partial charge in [-0.3, -0.25) is 0 Å². The molecule has 0 amide bonds. The summed E-state index contributed by atoms with van der Waals surface area (Å²) in [6.07, 6.45) is 2.52. The first-order valence-corrected chi connectivity index (χ1v) is 6.46. The monoisotopic (exact) mass is 226 g/mol. The second-order valence-electron chi connectivity index (χ2n) is 3.40. The fraction of sp³-hybridized carbons (Fsp3) is 0.500. The van der Waals surface area contributed by atoms with E-state index >= 15 is 0 Å². The summed E-state index contributed by atoms with van der Waals surface area (Å²) in [4.78, 5) is 0. The average molecular weight is 226 g/mol. The van der Waals surface area contributed by atoms with Crippen LogP contribution in [0.25, 0.3) is 0 Å². The fourth-order valence-corrected chi connectivity index (χ4v) is 2.01. The Labute approximate surface area is 95.7 Å². The first-order valence-electron chi connectivity index (χ1n) is 5.06. The topological polar surface area (TPSA) is 29.5 Å². The highest BCUT2D eigenvalue weighted by Crippen LogP contribution is 2.28. The van der Waals surface area contributed by atoms with Crippen LogP contribution < -0.4 is 4.74 Å². The van der Waals surface area contributed by atoms with E-state index in [1.165, 1.54) is 5.56 Å². The van der Waals surface area contributed by atoms with Crippen LogP contribution >= 0.6 is 11.8 Å². The van der Waals surface area contributed by atoms with Gasteiger partial charge < -0.3 is 9.84 Å². The molecule has 0 saturated carbocycles. The maximum Gasteiger partial charge on any atom is 0.124 e. The Morgan fingerprint density at radius 3 is 2.73 bits per heavy atom. The lowest BCUT2D eigenvalue weighted by Crippen LogP contribution is -2.03. The Balaban J connectivity index is 3.00. The number of aliphatic hydroxyl groups is 1. The van der Waals surface area contributed by atoms with Crippen molar-refractivity contribution in [3.63, 3.8) is 0 Å². The van der Waals surface area contributed by atoms with E-state index < -0.39 is 6.10 Å². The minimum Gasteiger partial charge on any atom is -0.496 e. The standard InChI is InChI=1S/C12H18O2S/c1-4-9-5-6-12(14-2)10(7-9)11(13)8-15-3/h5-7,11,13H,4,8H2,1-3H3. The van der Waals surface area contributed by atoms with Crippen LogP contribution in [0.1, 0.15) is 24.2 Å². The molecule has 15 heavy (non-hydrogen) atoms. The van der Waals surface area contributed by atoms with E-state index in [2.05, 4.69) is 6.92 Å². The maximum atomic E-state index is 9.95. The van der Waals surface area contributed by atoms with E-state index in [1.807, 2.05) is 24.5 Å². The second kappa shape index (κ2) is 6.03. The highest BCUT2D eigenvalue weighted by atomic mass is 32.2. The highest BCUT2D eigenvalue weighted by Gasteiger charge is 2.12. The predicted molar refractivity (Wildman–Crippen MR) is 65.7 cm³/mol. The molecular weight excluding hydrogens is 208 g/mol. The zero-order valence-corrected chi connectivity index (χ0v) is 10.3. The van der Waals surface area contributed by atoms with Crippen molar-refractivity contribution in [1.82, 2.24) is 0 Å². The molecule has 0 heterocycles. The smallest absolute Gasteiger partial charge is 0.124 e. The summed E-state index contributed by atoms with van der Waals surface area (Å²) in [5.74, 6) is 1.47. The van der Waals surface area contributed by atoms with Gasteiger partial charge in [0.25, 0.3) is 0 Å². The summed E-state index contributed by atoms with van der Waals surface area (Å²) in [6, 6.07) is 5.99. The molecule has 0 saturated heterocycles. The molecule has 1 aromatic rings. The number of thioether (sulfide) groups is 1. The van der Waals surface area contributed by atoms with E-state index in [-0.39, 0.29) is 0 Å². The van der Waals surface area contributed by atoms with Crippen LogP contribution in [0, 0.1) is 0 Å². The van der Waals surface area contributed by atoms with E-state index in [0.717, 1.165) is 17.7 Å². The van der Waals surface area contributed by atoms with Crippen LogP contribution in [0.2, 0.25) is 0 Å². The van der Waals surface area contributed by atoms with Gasteiger partial charge in [-0.1, -0.05) is 13.0 Å². The number of hydrogen-bond acceptors (Lipinski definition) is 3. The molecular formula is C12H18O2S. The van der Waals surface area contributed by atoms with Gasteiger partial charge in [0.05, 0.1) is 13.2 Å². The molecule has 0 aliphatic heterocycles. The fourth-order valence-electron chi connectivity index (χ4n) is 1.51. The molecule has 0 spiro atoms. The van der Waals surface area contributed by atoms with Crippen LogP contribution in [0.15, 0.2) is 18.2 Å². The third kappa shape index (κ3) is 3.14. The van der Waals surface area contributed by atoms with E-state index in [0.29, 0.717) is 5.75 Å². The first-order chi connectivity index (χ1) is 7.22. The van der Waals surface area contributed by atoms with Crippen molar-refractivity contribution in [3.05, 3.63) is 29.3 Å². The molecule has 2 nitrogen and oxygen atoms in total. The molecule has 0 aromatic heterocycles. The van der Waals surface area contributed by atoms with Crippen LogP contribution in [0.3, 0.4) is 0 Å². The second-order valence-corrected chi connectivity index (χ2v) is 4.31. The molecule has 1 unspecified atom stereocenters. The zero-order chi connectivity index (χ0) is 11.3. The van der Waals surface area contributed by atoms with Crippen molar-refractivity contribution >= 4 is 11.8 Å². The lowest BCUT2D eigenvalue weighted by Gasteiger charge is -2.15. The Hall–Kier alpha value is -0.670. The van der Waals surface area contributed by atoms with Gasteiger partial charge in [-0.25, -0.2) is 0 Å². The summed E-state index contributed by atoms with van der Waals surface area (Å²) in [5, 5.41) is 9.95. The summed E-state index contributed by atoms with van der Waals surface area (Å²) >= 11 is 1.63. The Bertz CT molecular complexity index is 312. The molecule has 0 fully saturated rings. The minimum atomic E-state index is -0.443. The number of ether oxygens (including phenoxy) is 1. The van der Waals surface area contributed by atoms with Crippen LogP contribution in [-0.2, 0) is 6.42 Å². The van der Waals surface area contributed by atoms with E-state index in [4.69, 9.17) is 4.74 Å². The summed E-state index contributed by atoms with van der Waals surface area (Å²) in [5.41, 5.74) is 2.12. The predicted octanol–water partition coefficient (Wildman–Crippen LogP) is 2.65. The number of methoxy groups -OCH3 is 1. The third-order valence-electron chi connectivity index (χ3n) is 2.39. The number of hydrogen-bond donors (Lipinski definition) is 1. The van der Waals surface area contributed by atoms with Crippen molar-refractivity contribution < 1.29 is 9.84 Å². The Morgan fingerprint density at radius 2 is 2.20 bits per heavy atom. The molecule has 0 bridgehead atoms. The van der Waals surface area contributed by atoms with E-state index in [1.54, 1.807) is 18.9 Å². The quantitative estimate of drug-likeness (QED) is 0.837. The highest BCUT2D eigenvalue weighted by molar-refractivity contribution is 7.98. The molecule has 0 radical (unpaired) electrons. The molecule has 0 aliphatic rings. The molecule has 1 atom stereocenters.